The minimum atomic E-state index is -0.704. The number of pyridine rings is 6. The van der Waals surface area contributed by atoms with E-state index in [9.17, 15) is 0 Å². The number of hydrogen-bond donors (Lipinski definition) is 0. The van der Waals surface area contributed by atoms with Crippen LogP contribution in [0.5, 0.6) is 0 Å². The second kappa shape index (κ2) is 26.8. The molecule has 12 heteroatoms. The first-order valence-corrected chi connectivity index (χ1v) is 40.8. The molecule has 12 nitrogen and oxygen atoms in total. The van der Waals surface area contributed by atoms with Gasteiger partial charge in [-0.2, -0.15) is 0 Å². The molecule has 0 spiro atoms. The summed E-state index contributed by atoms with van der Waals surface area (Å²) in [6.45, 7) is 0. The SMILES string of the molecule is c1ccc(-c2cc(-c3ccccc3)nc(-n3c4ccccc4c4cc(-n5c6ccccc6c6ccccc65)cc(-n5c6ccccc6c6ccccc65)c43)c2)cc1.c1ccc(-n2c3c(-c4nccc5c4oc4cnccc45)cncc3c3cc(C4(c5ccccc5)c5ccccc5-c5ccccc54)cc(-c4nccc5c4oc4cnccc45)c32)cc1. The summed E-state index contributed by atoms with van der Waals surface area (Å²) in [6, 6.07) is 126. The summed E-state index contributed by atoms with van der Waals surface area (Å²) in [4.78, 5) is 29.6. The second-order valence-corrected chi connectivity index (χ2v) is 31.2. The highest BCUT2D eigenvalue weighted by molar-refractivity contribution is 6.22. The fourth-order valence-corrected chi connectivity index (χ4v) is 19.9. The topological polar surface area (TPSA) is 123 Å². The maximum absolute atomic E-state index is 6.79. The zero-order valence-corrected chi connectivity index (χ0v) is 64.9. The molecule has 12 heterocycles. The summed E-state index contributed by atoms with van der Waals surface area (Å²) < 4.78 is 23.1. The molecule has 0 aliphatic heterocycles. The molecule has 26 rings (SSSR count). The molecule has 1 aliphatic rings. The van der Waals surface area contributed by atoms with Gasteiger partial charge in [-0.15, -0.1) is 0 Å². The predicted molar refractivity (Wildman–Crippen MR) is 491 cm³/mol. The fraction of sp³-hybridized carbons (Fsp3) is 0.00917. The van der Waals surface area contributed by atoms with Gasteiger partial charge in [0.1, 0.15) is 17.2 Å². The number of hydrogen-bond acceptors (Lipinski definition) is 8. The molecular weight excluding hydrogens is 1480 g/mol. The van der Waals surface area contributed by atoms with Crippen LogP contribution in [0, 0.1) is 0 Å². The van der Waals surface area contributed by atoms with Crippen LogP contribution in [0.1, 0.15) is 22.3 Å². The van der Waals surface area contributed by atoms with Crippen molar-refractivity contribution in [1.29, 1.82) is 0 Å². The van der Waals surface area contributed by atoms with Gasteiger partial charge in [0.25, 0.3) is 0 Å². The third-order valence-electron chi connectivity index (χ3n) is 24.9. The van der Waals surface area contributed by atoms with Crippen LogP contribution in [0.2, 0.25) is 0 Å². The van der Waals surface area contributed by atoms with Gasteiger partial charge in [-0.05, 0) is 148 Å². The Labute approximate surface area is 691 Å². The molecule has 0 unspecified atom stereocenters. The predicted octanol–water partition coefficient (Wildman–Crippen LogP) is 27.0. The van der Waals surface area contributed by atoms with E-state index in [1.165, 1.54) is 65.8 Å². The van der Waals surface area contributed by atoms with Crippen LogP contribution in [0.15, 0.2) is 410 Å². The van der Waals surface area contributed by atoms with E-state index in [1.807, 2.05) is 61.3 Å². The van der Waals surface area contributed by atoms with Crippen molar-refractivity contribution in [3.63, 3.8) is 0 Å². The molecule has 25 aromatic rings. The Bertz CT molecular complexity index is 8340. The number of para-hydroxylation sites is 6. The van der Waals surface area contributed by atoms with Gasteiger partial charge in [0.05, 0.1) is 73.3 Å². The summed E-state index contributed by atoms with van der Waals surface area (Å²) >= 11 is 0. The van der Waals surface area contributed by atoms with Crippen molar-refractivity contribution in [2.45, 2.75) is 5.41 Å². The van der Waals surface area contributed by atoms with Gasteiger partial charge < -0.3 is 22.5 Å². The van der Waals surface area contributed by atoms with Crippen molar-refractivity contribution < 1.29 is 8.83 Å². The lowest BCUT2D eigenvalue weighted by Crippen LogP contribution is -2.28. The Morgan fingerprint density at radius 1 is 0.256 bits per heavy atom. The van der Waals surface area contributed by atoms with Crippen LogP contribution >= 0.6 is 0 Å². The first-order chi connectivity index (χ1) is 60.1. The van der Waals surface area contributed by atoms with E-state index in [0.29, 0.717) is 28.0 Å². The van der Waals surface area contributed by atoms with E-state index in [0.717, 1.165) is 138 Å². The van der Waals surface area contributed by atoms with Gasteiger partial charge in [0.15, 0.2) is 22.3 Å². The zero-order chi connectivity index (χ0) is 79.4. The molecule has 0 N–H and O–H groups in total. The Morgan fingerprint density at radius 3 is 1.30 bits per heavy atom. The molecule has 13 aromatic carbocycles. The van der Waals surface area contributed by atoms with Crippen molar-refractivity contribution in [3.8, 4) is 78.9 Å². The Morgan fingerprint density at radius 2 is 0.719 bits per heavy atom. The van der Waals surface area contributed by atoms with Crippen molar-refractivity contribution in [2.75, 3.05) is 0 Å². The summed E-state index contributed by atoms with van der Waals surface area (Å²) in [6.07, 6.45) is 14.8. The van der Waals surface area contributed by atoms with Gasteiger partial charge in [-0.1, -0.05) is 249 Å². The highest BCUT2D eigenvalue weighted by Gasteiger charge is 2.47. The van der Waals surface area contributed by atoms with Crippen molar-refractivity contribution in [1.82, 2.24) is 48.2 Å². The van der Waals surface area contributed by atoms with Gasteiger partial charge in [-0.3, -0.25) is 29.5 Å². The minimum Gasteiger partial charge on any atom is -0.452 e. The van der Waals surface area contributed by atoms with Crippen molar-refractivity contribution in [2.24, 2.45) is 0 Å². The molecule has 0 amide bonds. The number of aromatic nitrogens is 10. The fourth-order valence-electron chi connectivity index (χ4n) is 19.9. The highest BCUT2D eigenvalue weighted by Crippen LogP contribution is 2.58. The number of furan rings is 2. The van der Waals surface area contributed by atoms with E-state index in [2.05, 4.69) is 350 Å². The first kappa shape index (κ1) is 67.8. The van der Waals surface area contributed by atoms with Crippen LogP contribution in [0.4, 0.5) is 0 Å². The monoisotopic (exact) mass is 1550 g/mol. The standard InChI is InChI=1S/C56H32N6O2.C53H34N4/c1-3-11-33(12-4-1)56(46-17-9-7-15-36(46)37-16-8-10-18-47(37)56)34-27-42-44-29-59-30-45(51-55-41(22-26-61-51)39-20-24-58-32-49(39)64-55)53(44)62(35-13-5-2-6-14-35)52(42)43(28-34)50-54-40(21-25-60-50)38-19-23-57-31-48(38)63-54;1-3-17-35(18-4-1)37-31-45(36-19-5-2-6-20-36)54-52(32-37)57-50-30-16-11-25-43(50)44-33-38(55-46-26-12-7-21-39(46)40-22-8-13-27-47(40)55)34-51(53(44)57)56-48-28-14-9-23-41(48)42-24-10-15-29-49(42)56/h1-32H;1-34H. The quantitative estimate of drug-likeness (QED) is 0.133. The molecule has 1 aliphatic carbocycles. The van der Waals surface area contributed by atoms with Crippen LogP contribution in [-0.4, -0.2) is 48.2 Å². The summed E-state index contributed by atoms with van der Waals surface area (Å²) in [7, 11) is 0. The van der Waals surface area contributed by atoms with Crippen LogP contribution < -0.4 is 0 Å². The lowest BCUT2D eigenvalue weighted by molar-refractivity contribution is 0.666. The number of rotatable bonds is 10. The molecule has 0 saturated heterocycles. The van der Waals surface area contributed by atoms with E-state index in [4.69, 9.17) is 28.8 Å². The van der Waals surface area contributed by atoms with Crippen molar-refractivity contribution >= 4 is 131 Å². The number of fused-ring (bicyclic) bond motifs is 21. The lowest BCUT2D eigenvalue weighted by Gasteiger charge is -2.34. The maximum atomic E-state index is 6.79. The van der Waals surface area contributed by atoms with E-state index in [-0.39, 0.29) is 0 Å². The average Bonchev–Trinajstić information content (AvgIpc) is 1.53. The highest BCUT2D eigenvalue weighted by atomic mass is 16.3. The van der Waals surface area contributed by atoms with Crippen LogP contribution in [0.25, 0.3) is 210 Å². The summed E-state index contributed by atoms with van der Waals surface area (Å²) in [5.74, 6) is 0.869. The molecule has 564 valence electrons. The molecule has 0 atom stereocenters. The van der Waals surface area contributed by atoms with Gasteiger partial charge in [0, 0.05) is 130 Å². The average molecular weight is 1550 g/mol. The minimum absolute atomic E-state index is 0.676. The maximum Gasteiger partial charge on any atom is 0.161 e. The normalized spacial score (nSPS) is 12.5. The zero-order valence-electron chi connectivity index (χ0n) is 64.9. The third kappa shape index (κ3) is 10.1. The molecule has 0 fully saturated rings. The third-order valence-corrected chi connectivity index (χ3v) is 24.9. The van der Waals surface area contributed by atoms with Gasteiger partial charge in [-0.25, -0.2) is 4.98 Å². The number of nitrogens with zero attached hydrogens (tertiary/aromatic N) is 10. The summed E-state index contributed by atoms with van der Waals surface area (Å²) in [5, 5.41) is 13.1. The smallest absolute Gasteiger partial charge is 0.161 e. The molecule has 121 heavy (non-hydrogen) atoms. The van der Waals surface area contributed by atoms with Crippen molar-refractivity contribution in [3.05, 3.63) is 424 Å². The number of benzene rings is 13. The van der Waals surface area contributed by atoms with Gasteiger partial charge >= 0.3 is 0 Å². The molecule has 12 aromatic heterocycles. The van der Waals surface area contributed by atoms with Gasteiger partial charge in [0.2, 0.25) is 0 Å². The molecule has 0 bridgehead atoms. The Balaban J connectivity index is 0.000000135. The van der Waals surface area contributed by atoms with Crippen LogP contribution in [-0.2, 0) is 5.41 Å². The largest absolute Gasteiger partial charge is 0.452 e. The Hall–Kier alpha value is -16.4. The van der Waals surface area contributed by atoms with E-state index in [1.54, 1.807) is 18.6 Å². The second-order valence-electron chi connectivity index (χ2n) is 31.2. The van der Waals surface area contributed by atoms with E-state index >= 15 is 0 Å². The lowest BCUT2D eigenvalue weighted by atomic mass is 9.67. The van der Waals surface area contributed by atoms with E-state index < -0.39 is 5.41 Å². The van der Waals surface area contributed by atoms with Crippen LogP contribution in [0.3, 0.4) is 0 Å². The molecule has 0 radical (unpaired) electrons. The first-order valence-electron chi connectivity index (χ1n) is 40.8. The Kier molecular flexibility index (Phi) is 15.0. The molecule has 0 saturated carbocycles. The summed E-state index contributed by atoms with van der Waals surface area (Å²) in [5.41, 5.74) is 28.6. The molecular formula is C109H66N10O2.